The molecule has 0 atom stereocenters. The summed E-state index contributed by atoms with van der Waals surface area (Å²) in [7, 11) is 0. The molecule has 2 rings (SSSR count). The monoisotopic (exact) mass is 231 g/mol. The van der Waals surface area contributed by atoms with E-state index < -0.39 is 0 Å². The lowest BCUT2D eigenvalue weighted by Crippen LogP contribution is -2.41. The maximum absolute atomic E-state index is 4.40. The highest BCUT2D eigenvalue weighted by atomic mass is 15.2. The number of guanidine groups is 1. The molecule has 0 fully saturated rings. The summed E-state index contributed by atoms with van der Waals surface area (Å²) in [5.74, 6) is 0.961. The minimum atomic E-state index is 0.942. The molecule has 92 valence electrons. The van der Waals surface area contributed by atoms with Crippen molar-refractivity contribution in [2.75, 3.05) is 19.6 Å². The zero-order valence-electron chi connectivity index (χ0n) is 10.7. The lowest BCUT2D eigenvalue weighted by atomic mass is 10.0. The third kappa shape index (κ3) is 3.22. The minimum absolute atomic E-state index is 0.942. The van der Waals surface area contributed by atoms with Gasteiger partial charge in [-0.3, -0.25) is 4.99 Å². The van der Waals surface area contributed by atoms with E-state index in [1.54, 1.807) is 0 Å². The van der Waals surface area contributed by atoms with Crippen LogP contribution in [0, 0.1) is 13.8 Å². The Morgan fingerprint density at radius 2 is 2.06 bits per heavy atom. The molecule has 3 heteroatoms. The molecule has 1 aromatic rings. The van der Waals surface area contributed by atoms with E-state index >= 15 is 0 Å². The van der Waals surface area contributed by atoms with Crippen molar-refractivity contribution in [1.82, 2.24) is 10.6 Å². The van der Waals surface area contributed by atoms with E-state index in [4.69, 9.17) is 0 Å². The predicted molar refractivity (Wildman–Crippen MR) is 72.5 cm³/mol. The molecular formula is C14H21N3. The van der Waals surface area contributed by atoms with Gasteiger partial charge in [0.1, 0.15) is 0 Å². The summed E-state index contributed by atoms with van der Waals surface area (Å²) in [6.07, 6.45) is 2.20. The highest BCUT2D eigenvalue weighted by Crippen LogP contribution is 2.13. The van der Waals surface area contributed by atoms with Gasteiger partial charge in [-0.1, -0.05) is 18.2 Å². The third-order valence-corrected chi connectivity index (χ3v) is 3.21. The normalized spacial score (nSPS) is 15.1. The predicted octanol–water partition coefficient (Wildman–Crippen LogP) is 1.78. The second-order valence-electron chi connectivity index (χ2n) is 4.56. The van der Waals surface area contributed by atoms with E-state index in [1.165, 1.54) is 16.7 Å². The summed E-state index contributed by atoms with van der Waals surface area (Å²) >= 11 is 0. The summed E-state index contributed by atoms with van der Waals surface area (Å²) in [6.45, 7) is 7.28. The molecule has 0 amide bonds. The Bertz CT molecular complexity index is 390. The van der Waals surface area contributed by atoms with Gasteiger partial charge in [0.15, 0.2) is 5.96 Å². The van der Waals surface area contributed by atoms with Crippen LogP contribution in [0.5, 0.6) is 0 Å². The zero-order chi connectivity index (χ0) is 12.1. The van der Waals surface area contributed by atoms with Gasteiger partial charge >= 0.3 is 0 Å². The number of aliphatic imine (C=N–C) groups is 1. The summed E-state index contributed by atoms with van der Waals surface area (Å²) in [6, 6.07) is 6.48. The van der Waals surface area contributed by atoms with Gasteiger partial charge in [0.05, 0.1) is 0 Å². The van der Waals surface area contributed by atoms with Crippen LogP contribution in [0.3, 0.4) is 0 Å². The second-order valence-corrected chi connectivity index (χ2v) is 4.56. The Balaban J connectivity index is 1.87. The van der Waals surface area contributed by atoms with Gasteiger partial charge in [0, 0.05) is 19.6 Å². The van der Waals surface area contributed by atoms with Gasteiger partial charge in [-0.15, -0.1) is 0 Å². The van der Waals surface area contributed by atoms with Crippen LogP contribution in [0.15, 0.2) is 23.2 Å². The Hall–Kier alpha value is -1.51. The number of rotatable bonds is 3. The number of nitrogens with zero attached hydrogens (tertiary/aromatic N) is 1. The van der Waals surface area contributed by atoms with Crippen LogP contribution in [0.1, 0.15) is 23.1 Å². The molecule has 0 saturated carbocycles. The fraction of sp³-hybridized carbons (Fsp3) is 0.500. The maximum Gasteiger partial charge on any atom is 0.191 e. The zero-order valence-corrected chi connectivity index (χ0v) is 10.7. The largest absolute Gasteiger partial charge is 0.356 e. The lowest BCUT2D eigenvalue weighted by Gasteiger charge is -2.16. The minimum Gasteiger partial charge on any atom is -0.356 e. The van der Waals surface area contributed by atoms with Crippen molar-refractivity contribution in [3.63, 3.8) is 0 Å². The first-order valence-electron chi connectivity index (χ1n) is 6.34. The van der Waals surface area contributed by atoms with E-state index in [2.05, 4.69) is 47.7 Å². The Labute approximate surface area is 103 Å². The van der Waals surface area contributed by atoms with Crippen LogP contribution in [-0.2, 0) is 6.42 Å². The summed E-state index contributed by atoms with van der Waals surface area (Å²) < 4.78 is 0. The molecule has 0 radical (unpaired) electrons. The Morgan fingerprint density at radius 3 is 2.71 bits per heavy atom. The Kier molecular flexibility index (Phi) is 4.02. The fourth-order valence-corrected chi connectivity index (χ4v) is 2.20. The van der Waals surface area contributed by atoms with Crippen LogP contribution in [0.4, 0.5) is 0 Å². The maximum atomic E-state index is 4.40. The molecule has 1 aliphatic heterocycles. The summed E-state index contributed by atoms with van der Waals surface area (Å²) in [4.78, 5) is 4.40. The Morgan fingerprint density at radius 1 is 1.29 bits per heavy atom. The first-order valence-corrected chi connectivity index (χ1v) is 6.34. The molecule has 0 bridgehead atoms. The number of nitrogens with one attached hydrogen (secondary N) is 2. The smallest absolute Gasteiger partial charge is 0.191 e. The van der Waals surface area contributed by atoms with Crippen molar-refractivity contribution in [1.29, 1.82) is 0 Å². The third-order valence-electron chi connectivity index (χ3n) is 3.21. The molecule has 1 aliphatic rings. The molecule has 0 saturated heterocycles. The average Bonchev–Trinajstić information content (AvgIpc) is 2.34. The van der Waals surface area contributed by atoms with E-state index in [-0.39, 0.29) is 0 Å². The van der Waals surface area contributed by atoms with Gasteiger partial charge in [-0.2, -0.15) is 0 Å². The SMILES string of the molecule is Cc1cccc(C)c1CCNC1=NCCCN1. The van der Waals surface area contributed by atoms with Crippen molar-refractivity contribution >= 4 is 5.96 Å². The lowest BCUT2D eigenvalue weighted by molar-refractivity contribution is 0.699. The van der Waals surface area contributed by atoms with E-state index in [9.17, 15) is 0 Å². The molecular weight excluding hydrogens is 210 g/mol. The van der Waals surface area contributed by atoms with Crippen molar-refractivity contribution in [3.05, 3.63) is 34.9 Å². The van der Waals surface area contributed by atoms with Gasteiger partial charge < -0.3 is 10.6 Å². The van der Waals surface area contributed by atoms with Crippen molar-refractivity contribution in [2.45, 2.75) is 26.7 Å². The highest BCUT2D eigenvalue weighted by Gasteiger charge is 2.04. The van der Waals surface area contributed by atoms with E-state index in [0.29, 0.717) is 0 Å². The first kappa shape index (κ1) is 12.0. The summed E-state index contributed by atoms with van der Waals surface area (Å²) in [5, 5.41) is 6.64. The van der Waals surface area contributed by atoms with Gasteiger partial charge in [-0.05, 0) is 43.4 Å². The van der Waals surface area contributed by atoms with Crippen LogP contribution in [-0.4, -0.2) is 25.6 Å². The molecule has 3 nitrogen and oxygen atoms in total. The molecule has 0 spiro atoms. The molecule has 0 aromatic heterocycles. The molecule has 0 unspecified atom stereocenters. The van der Waals surface area contributed by atoms with Crippen molar-refractivity contribution in [2.24, 2.45) is 4.99 Å². The highest BCUT2D eigenvalue weighted by molar-refractivity contribution is 5.80. The van der Waals surface area contributed by atoms with Crippen molar-refractivity contribution in [3.8, 4) is 0 Å². The van der Waals surface area contributed by atoms with Crippen LogP contribution < -0.4 is 10.6 Å². The topological polar surface area (TPSA) is 36.4 Å². The van der Waals surface area contributed by atoms with E-state index in [1.807, 2.05) is 0 Å². The number of aryl methyl sites for hydroxylation is 2. The fourth-order valence-electron chi connectivity index (χ4n) is 2.20. The second kappa shape index (κ2) is 5.71. The molecule has 1 aromatic carbocycles. The van der Waals surface area contributed by atoms with Crippen LogP contribution in [0.2, 0.25) is 0 Å². The van der Waals surface area contributed by atoms with Gasteiger partial charge in [-0.25, -0.2) is 0 Å². The quantitative estimate of drug-likeness (QED) is 0.832. The molecule has 2 N–H and O–H groups in total. The number of benzene rings is 1. The summed E-state index contributed by atoms with van der Waals surface area (Å²) in [5.41, 5.74) is 4.21. The van der Waals surface area contributed by atoms with Crippen LogP contribution in [0.25, 0.3) is 0 Å². The molecule has 17 heavy (non-hydrogen) atoms. The van der Waals surface area contributed by atoms with Crippen molar-refractivity contribution < 1.29 is 0 Å². The molecule has 1 heterocycles. The first-order chi connectivity index (χ1) is 8.27. The average molecular weight is 231 g/mol. The van der Waals surface area contributed by atoms with E-state index in [0.717, 1.165) is 38.4 Å². The number of hydrogen-bond donors (Lipinski definition) is 2. The standard InChI is InChI=1S/C14H21N3/c1-11-5-3-6-12(2)13(11)7-10-17-14-15-8-4-9-16-14/h3,5-6H,4,7-10H2,1-2H3,(H2,15,16,17). The van der Waals surface area contributed by atoms with Gasteiger partial charge in [0.2, 0.25) is 0 Å². The van der Waals surface area contributed by atoms with Gasteiger partial charge in [0.25, 0.3) is 0 Å². The van der Waals surface area contributed by atoms with Crippen LogP contribution >= 0.6 is 0 Å². The number of hydrogen-bond acceptors (Lipinski definition) is 3. The molecule has 0 aliphatic carbocycles.